The summed E-state index contributed by atoms with van der Waals surface area (Å²) in [5, 5.41) is 4.54. The molecular formula is C7H5BrN2O3. The van der Waals surface area contributed by atoms with Gasteiger partial charge in [-0.1, -0.05) is 0 Å². The molecule has 6 heteroatoms. The maximum atomic E-state index is 11.2. The van der Waals surface area contributed by atoms with Crippen molar-refractivity contribution in [2.75, 3.05) is 0 Å². The number of halogens is 1. The molecule has 2 N–H and O–H groups in total. The average molecular weight is 245 g/mol. The van der Waals surface area contributed by atoms with Gasteiger partial charge >= 0.3 is 6.03 Å². The molecule has 2 heterocycles. The lowest BCUT2D eigenvalue weighted by Gasteiger charge is -2.02. The van der Waals surface area contributed by atoms with E-state index in [0.29, 0.717) is 10.2 Å². The highest BCUT2D eigenvalue weighted by atomic mass is 79.9. The van der Waals surface area contributed by atoms with E-state index in [9.17, 15) is 9.59 Å². The molecule has 3 amide bonds. The van der Waals surface area contributed by atoms with Crippen LogP contribution in [0.2, 0.25) is 0 Å². The fourth-order valence-electron chi connectivity index (χ4n) is 1.11. The van der Waals surface area contributed by atoms with Crippen molar-refractivity contribution < 1.29 is 14.0 Å². The van der Waals surface area contributed by atoms with Gasteiger partial charge in [-0.15, -0.1) is 0 Å². The Hall–Kier alpha value is -1.30. The summed E-state index contributed by atoms with van der Waals surface area (Å²) in [6.07, 6.45) is 1.44. The van der Waals surface area contributed by atoms with E-state index in [4.69, 9.17) is 4.42 Å². The monoisotopic (exact) mass is 244 g/mol. The van der Waals surface area contributed by atoms with Crippen LogP contribution in [-0.4, -0.2) is 11.9 Å². The molecule has 0 saturated carbocycles. The zero-order chi connectivity index (χ0) is 9.42. The lowest BCUT2D eigenvalue weighted by molar-refractivity contribution is -0.120. The molecular weight excluding hydrogens is 240 g/mol. The molecule has 1 fully saturated rings. The van der Waals surface area contributed by atoms with Crippen molar-refractivity contribution in [3.05, 3.63) is 22.6 Å². The Bertz CT molecular complexity index is 374. The highest BCUT2D eigenvalue weighted by molar-refractivity contribution is 9.10. The number of amides is 3. The molecule has 1 aromatic rings. The molecule has 1 unspecified atom stereocenters. The first-order chi connectivity index (χ1) is 6.18. The fourth-order valence-corrected chi connectivity index (χ4v) is 1.54. The molecule has 1 aliphatic rings. The molecule has 68 valence electrons. The van der Waals surface area contributed by atoms with Crippen LogP contribution in [0.5, 0.6) is 0 Å². The lowest BCUT2D eigenvalue weighted by Crippen LogP contribution is -2.22. The molecule has 5 nitrogen and oxygen atoms in total. The van der Waals surface area contributed by atoms with Gasteiger partial charge in [0.1, 0.15) is 5.76 Å². The van der Waals surface area contributed by atoms with Crippen molar-refractivity contribution in [2.45, 2.75) is 6.04 Å². The van der Waals surface area contributed by atoms with Gasteiger partial charge in [-0.25, -0.2) is 4.79 Å². The van der Waals surface area contributed by atoms with E-state index in [-0.39, 0.29) is 0 Å². The Kier molecular flexibility index (Phi) is 1.84. The second kappa shape index (κ2) is 2.88. The van der Waals surface area contributed by atoms with Gasteiger partial charge in [0, 0.05) is 0 Å². The van der Waals surface area contributed by atoms with Crippen LogP contribution in [0, 0.1) is 0 Å². The molecule has 0 radical (unpaired) electrons. The molecule has 1 aromatic heterocycles. The molecule has 0 aromatic carbocycles. The van der Waals surface area contributed by atoms with E-state index in [2.05, 4.69) is 26.6 Å². The normalized spacial score (nSPS) is 21.5. The summed E-state index contributed by atoms with van der Waals surface area (Å²) < 4.78 is 5.71. The maximum Gasteiger partial charge on any atom is 0.322 e. The van der Waals surface area contributed by atoms with Crippen LogP contribution in [0.1, 0.15) is 11.8 Å². The van der Waals surface area contributed by atoms with Crippen LogP contribution in [0.15, 0.2) is 21.2 Å². The Morgan fingerprint density at radius 3 is 2.69 bits per heavy atom. The number of rotatable bonds is 1. The van der Waals surface area contributed by atoms with Gasteiger partial charge in [-0.05, 0) is 22.0 Å². The summed E-state index contributed by atoms with van der Waals surface area (Å²) in [6, 6.07) is 0.433. The molecule has 0 spiro atoms. The van der Waals surface area contributed by atoms with Crippen LogP contribution >= 0.6 is 15.9 Å². The van der Waals surface area contributed by atoms with E-state index in [1.165, 1.54) is 6.26 Å². The molecule has 1 atom stereocenters. The SMILES string of the molecule is O=C1NC(=O)C(c2occc2Br)N1. The van der Waals surface area contributed by atoms with Gasteiger partial charge in [-0.2, -0.15) is 0 Å². The van der Waals surface area contributed by atoms with Crippen molar-refractivity contribution in [1.82, 2.24) is 10.6 Å². The number of carbonyl (C=O) groups is 2. The van der Waals surface area contributed by atoms with E-state index >= 15 is 0 Å². The van der Waals surface area contributed by atoms with Gasteiger partial charge in [0.05, 0.1) is 10.7 Å². The third kappa shape index (κ3) is 1.33. The van der Waals surface area contributed by atoms with Crippen LogP contribution < -0.4 is 10.6 Å². The second-order valence-corrected chi connectivity index (χ2v) is 3.38. The summed E-state index contributed by atoms with van der Waals surface area (Å²) in [5.41, 5.74) is 0. The molecule has 0 aliphatic carbocycles. The topological polar surface area (TPSA) is 71.3 Å². The zero-order valence-electron chi connectivity index (χ0n) is 6.33. The number of carbonyl (C=O) groups excluding carboxylic acids is 2. The fraction of sp³-hybridized carbons (Fsp3) is 0.143. The van der Waals surface area contributed by atoms with Crippen molar-refractivity contribution in [2.24, 2.45) is 0 Å². The van der Waals surface area contributed by atoms with Gasteiger partial charge in [0.15, 0.2) is 6.04 Å². The van der Waals surface area contributed by atoms with Gasteiger partial charge in [-0.3, -0.25) is 10.1 Å². The largest absolute Gasteiger partial charge is 0.465 e. The van der Waals surface area contributed by atoms with Crippen molar-refractivity contribution in [3.8, 4) is 0 Å². The van der Waals surface area contributed by atoms with Crippen LogP contribution in [-0.2, 0) is 4.79 Å². The van der Waals surface area contributed by atoms with Gasteiger partial charge in [0.25, 0.3) is 5.91 Å². The summed E-state index contributed by atoms with van der Waals surface area (Å²) in [4.78, 5) is 21.9. The Morgan fingerprint density at radius 2 is 2.23 bits per heavy atom. The summed E-state index contributed by atoms with van der Waals surface area (Å²) in [7, 11) is 0. The summed E-state index contributed by atoms with van der Waals surface area (Å²) >= 11 is 3.20. The lowest BCUT2D eigenvalue weighted by atomic mass is 10.2. The van der Waals surface area contributed by atoms with Crippen molar-refractivity contribution in [1.29, 1.82) is 0 Å². The molecule has 1 saturated heterocycles. The van der Waals surface area contributed by atoms with Gasteiger partial charge < -0.3 is 9.73 Å². The summed E-state index contributed by atoms with van der Waals surface area (Å²) in [5.74, 6) is 0.00370. The predicted molar refractivity (Wildman–Crippen MR) is 45.8 cm³/mol. The van der Waals surface area contributed by atoms with Gasteiger partial charge in [0.2, 0.25) is 0 Å². The maximum absolute atomic E-state index is 11.2. The Labute approximate surface area is 81.6 Å². The van der Waals surface area contributed by atoms with E-state index < -0.39 is 18.0 Å². The molecule has 2 rings (SSSR count). The van der Waals surface area contributed by atoms with Crippen LogP contribution in [0.25, 0.3) is 0 Å². The highest BCUT2D eigenvalue weighted by Crippen LogP contribution is 2.26. The number of nitrogens with one attached hydrogen (secondary N) is 2. The molecule has 0 bridgehead atoms. The predicted octanol–water partition coefficient (Wildman–Crippen LogP) is 0.923. The molecule has 13 heavy (non-hydrogen) atoms. The van der Waals surface area contributed by atoms with Crippen LogP contribution in [0.3, 0.4) is 0 Å². The van der Waals surface area contributed by atoms with Crippen molar-refractivity contribution in [3.63, 3.8) is 0 Å². The standard InChI is InChI=1S/C7H5BrN2O3/c8-3-1-2-13-5(3)4-6(11)10-7(12)9-4/h1-2,4H,(H2,9,10,11,12). The van der Waals surface area contributed by atoms with E-state index in [1.807, 2.05) is 0 Å². The number of urea groups is 1. The number of furan rings is 1. The Balaban J connectivity index is 2.32. The third-order valence-electron chi connectivity index (χ3n) is 1.68. The molecule has 1 aliphatic heterocycles. The zero-order valence-corrected chi connectivity index (χ0v) is 7.92. The third-order valence-corrected chi connectivity index (χ3v) is 2.34. The Morgan fingerprint density at radius 1 is 1.46 bits per heavy atom. The average Bonchev–Trinajstić information content (AvgIpc) is 2.58. The first kappa shape index (κ1) is 8.31. The quantitative estimate of drug-likeness (QED) is 0.722. The first-order valence-corrected chi connectivity index (χ1v) is 4.32. The smallest absolute Gasteiger partial charge is 0.322 e. The summed E-state index contributed by atoms with van der Waals surface area (Å²) in [6.45, 7) is 0. The minimum atomic E-state index is -0.725. The number of hydrogen-bond donors (Lipinski definition) is 2. The number of hydrogen-bond acceptors (Lipinski definition) is 3. The van der Waals surface area contributed by atoms with E-state index in [1.54, 1.807) is 6.07 Å². The van der Waals surface area contributed by atoms with E-state index in [0.717, 1.165) is 0 Å². The highest BCUT2D eigenvalue weighted by Gasteiger charge is 2.34. The second-order valence-electron chi connectivity index (χ2n) is 2.53. The minimum Gasteiger partial charge on any atom is -0.465 e. The first-order valence-electron chi connectivity index (χ1n) is 3.53. The van der Waals surface area contributed by atoms with Crippen LogP contribution in [0.4, 0.5) is 4.79 Å². The number of imide groups is 1. The minimum absolute atomic E-state index is 0.402. The van der Waals surface area contributed by atoms with Crippen molar-refractivity contribution >= 4 is 27.9 Å².